The Morgan fingerprint density at radius 2 is 2.03 bits per heavy atom. The maximum absolute atomic E-state index is 13.8. The molecule has 148 valence electrons. The van der Waals surface area contributed by atoms with Gasteiger partial charge in [0.1, 0.15) is 12.4 Å². The van der Waals surface area contributed by atoms with Crippen molar-refractivity contribution in [2.45, 2.75) is 19.3 Å². The number of rotatable bonds is 4. The van der Waals surface area contributed by atoms with Gasteiger partial charge in [-0.2, -0.15) is 0 Å². The first-order valence-electron chi connectivity index (χ1n) is 9.64. The highest BCUT2D eigenvalue weighted by atomic mass is 19.1. The number of anilines is 2. The minimum absolute atomic E-state index is 0.0201. The van der Waals surface area contributed by atoms with E-state index in [1.165, 1.54) is 17.0 Å². The SMILES string of the molecule is O=C(Nc1nn(-c2cccc(F)c2)c2cccc(N3CCOC3=O)c12)C1CCC1. The molecule has 2 amide bonds. The van der Waals surface area contributed by atoms with E-state index in [2.05, 4.69) is 10.4 Å². The van der Waals surface area contributed by atoms with Crippen LogP contribution in [0.25, 0.3) is 16.6 Å². The Labute approximate surface area is 166 Å². The molecule has 1 saturated carbocycles. The predicted octanol–water partition coefficient (Wildman–Crippen LogP) is 3.86. The van der Waals surface area contributed by atoms with Gasteiger partial charge < -0.3 is 10.1 Å². The Balaban J connectivity index is 1.68. The molecule has 0 radical (unpaired) electrons. The number of fused-ring (bicyclic) bond motifs is 1. The lowest BCUT2D eigenvalue weighted by Gasteiger charge is -2.23. The quantitative estimate of drug-likeness (QED) is 0.729. The Morgan fingerprint density at radius 3 is 2.72 bits per heavy atom. The van der Waals surface area contributed by atoms with Gasteiger partial charge in [-0.1, -0.05) is 18.6 Å². The van der Waals surface area contributed by atoms with E-state index in [4.69, 9.17) is 4.74 Å². The molecule has 2 aliphatic rings. The molecule has 0 spiro atoms. The normalized spacial score (nSPS) is 16.7. The molecular weight excluding hydrogens is 375 g/mol. The number of nitrogens with one attached hydrogen (secondary N) is 1. The number of nitrogens with zero attached hydrogens (tertiary/aromatic N) is 3. The van der Waals surface area contributed by atoms with Crippen LogP contribution < -0.4 is 10.2 Å². The van der Waals surface area contributed by atoms with Gasteiger partial charge in [0.25, 0.3) is 0 Å². The van der Waals surface area contributed by atoms with E-state index in [0.717, 1.165) is 19.3 Å². The largest absolute Gasteiger partial charge is 0.447 e. The fourth-order valence-electron chi connectivity index (χ4n) is 3.77. The molecule has 0 bridgehead atoms. The van der Waals surface area contributed by atoms with Gasteiger partial charge >= 0.3 is 6.09 Å². The lowest BCUT2D eigenvalue weighted by atomic mass is 9.85. The summed E-state index contributed by atoms with van der Waals surface area (Å²) in [6.07, 6.45) is 2.33. The third-order valence-electron chi connectivity index (χ3n) is 5.51. The van der Waals surface area contributed by atoms with Crippen LogP contribution in [0.15, 0.2) is 42.5 Å². The van der Waals surface area contributed by atoms with Gasteiger partial charge in [-0.15, -0.1) is 5.10 Å². The fourth-order valence-corrected chi connectivity index (χ4v) is 3.77. The van der Waals surface area contributed by atoms with Crippen molar-refractivity contribution < 1.29 is 18.7 Å². The first kappa shape index (κ1) is 17.7. The topological polar surface area (TPSA) is 76.5 Å². The zero-order valence-electron chi connectivity index (χ0n) is 15.6. The van der Waals surface area contributed by atoms with E-state index in [0.29, 0.717) is 41.2 Å². The number of aromatic nitrogens is 2. The molecule has 3 aromatic rings. The second-order valence-corrected chi connectivity index (χ2v) is 7.29. The number of cyclic esters (lactones) is 1. The van der Waals surface area contributed by atoms with Crippen LogP contribution >= 0.6 is 0 Å². The first-order chi connectivity index (χ1) is 14.1. The number of carbonyl (C=O) groups is 2. The average Bonchev–Trinajstić information content (AvgIpc) is 3.24. The van der Waals surface area contributed by atoms with E-state index in [1.54, 1.807) is 28.9 Å². The van der Waals surface area contributed by atoms with Crippen molar-refractivity contribution in [2.75, 3.05) is 23.4 Å². The maximum atomic E-state index is 13.8. The number of benzene rings is 2. The highest BCUT2D eigenvalue weighted by Crippen LogP contribution is 2.36. The van der Waals surface area contributed by atoms with E-state index in [1.807, 2.05) is 6.07 Å². The summed E-state index contributed by atoms with van der Waals surface area (Å²) >= 11 is 0. The van der Waals surface area contributed by atoms with Crippen molar-refractivity contribution in [3.8, 4) is 5.69 Å². The molecule has 1 aliphatic carbocycles. The molecular formula is C21H19FN4O3. The number of ether oxygens (including phenoxy) is 1. The standard InChI is InChI=1S/C21H19FN4O3/c22-14-6-2-7-15(12-14)26-17-9-3-8-16(25-10-11-29-21(25)28)18(17)19(24-26)23-20(27)13-4-1-5-13/h2-3,6-9,12-13H,1,4-5,10-11H2,(H,23,24,27). The summed E-state index contributed by atoms with van der Waals surface area (Å²) in [6, 6.07) is 11.5. The minimum atomic E-state index is -0.438. The number of carbonyl (C=O) groups excluding carboxylic acids is 2. The Kier molecular flexibility index (Phi) is 4.19. The molecule has 5 rings (SSSR count). The van der Waals surface area contributed by atoms with Crippen LogP contribution in [0.2, 0.25) is 0 Å². The van der Waals surface area contributed by atoms with Crippen LogP contribution in [-0.2, 0) is 9.53 Å². The maximum Gasteiger partial charge on any atom is 0.414 e. The Hall–Kier alpha value is -3.42. The molecule has 2 aromatic carbocycles. The first-order valence-corrected chi connectivity index (χ1v) is 9.64. The summed E-state index contributed by atoms with van der Waals surface area (Å²) in [5.74, 6) is -0.129. The third-order valence-corrected chi connectivity index (χ3v) is 5.51. The van der Waals surface area contributed by atoms with Gasteiger partial charge in [0, 0.05) is 5.92 Å². The van der Waals surface area contributed by atoms with Crippen LogP contribution in [0.3, 0.4) is 0 Å². The Bertz CT molecular complexity index is 1120. The molecule has 1 aromatic heterocycles. The zero-order chi connectivity index (χ0) is 20.0. The van der Waals surface area contributed by atoms with E-state index in [-0.39, 0.29) is 17.6 Å². The summed E-state index contributed by atoms with van der Waals surface area (Å²) < 4.78 is 20.5. The zero-order valence-corrected chi connectivity index (χ0v) is 15.6. The summed E-state index contributed by atoms with van der Waals surface area (Å²) in [4.78, 5) is 26.3. The summed E-state index contributed by atoms with van der Waals surface area (Å²) in [6.45, 7) is 0.718. The number of hydrogen-bond donors (Lipinski definition) is 1. The monoisotopic (exact) mass is 394 g/mol. The van der Waals surface area contributed by atoms with Crippen LogP contribution in [0.1, 0.15) is 19.3 Å². The molecule has 1 aliphatic heterocycles. The van der Waals surface area contributed by atoms with Gasteiger partial charge in [0.15, 0.2) is 5.82 Å². The molecule has 29 heavy (non-hydrogen) atoms. The molecule has 2 heterocycles. The Morgan fingerprint density at radius 1 is 1.21 bits per heavy atom. The second kappa shape index (κ2) is 6.88. The molecule has 1 saturated heterocycles. The van der Waals surface area contributed by atoms with Crippen LogP contribution in [0.5, 0.6) is 0 Å². The second-order valence-electron chi connectivity index (χ2n) is 7.29. The average molecular weight is 394 g/mol. The molecule has 0 atom stereocenters. The molecule has 0 unspecified atom stereocenters. The molecule has 2 fully saturated rings. The van der Waals surface area contributed by atoms with E-state index < -0.39 is 6.09 Å². The number of amides is 2. The number of hydrogen-bond acceptors (Lipinski definition) is 4. The van der Waals surface area contributed by atoms with Crippen molar-refractivity contribution >= 4 is 34.4 Å². The summed E-state index contributed by atoms with van der Waals surface area (Å²) in [5.41, 5.74) is 1.80. The van der Waals surface area contributed by atoms with Gasteiger partial charge in [-0.05, 0) is 43.2 Å². The van der Waals surface area contributed by atoms with Gasteiger partial charge in [0.05, 0.1) is 28.8 Å². The van der Waals surface area contributed by atoms with Gasteiger partial charge in [-0.25, -0.2) is 13.9 Å². The van der Waals surface area contributed by atoms with Crippen LogP contribution in [-0.4, -0.2) is 34.9 Å². The van der Waals surface area contributed by atoms with Crippen molar-refractivity contribution in [1.29, 1.82) is 0 Å². The van der Waals surface area contributed by atoms with E-state index in [9.17, 15) is 14.0 Å². The lowest BCUT2D eigenvalue weighted by molar-refractivity contribution is -0.122. The highest BCUT2D eigenvalue weighted by Gasteiger charge is 2.30. The smallest absolute Gasteiger partial charge is 0.414 e. The predicted molar refractivity (Wildman–Crippen MR) is 106 cm³/mol. The third kappa shape index (κ3) is 3.00. The van der Waals surface area contributed by atoms with Crippen molar-refractivity contribution in [1.82, 2.24) is 9.78 Å². The summed E-state index contributed by atoms with van der Waals surface area (Å²) in [7, 11) is 0. The lowest BCUT2D eigenvalue weighted by Crippen LogP contribution is -2.28. The molecule has 7 nitrogen and oxygen atoms in total. The number of halogens is 1. The van der Waals surface area contributed by atoms with E-state index >= 15 is 0 Å². The van der Waals surface area contributed by atoms with Gasteiger partial charge in [0.2, 0.25) is 5.91 Å². The van der Waals surface area contributed by atoms with Crippen molar-refractivity contribution in [2.24, 2.45) is 5.92 Å². The summed E-state index contributed by atoms with van der Waals surface area (Å²) in [5, 5.41) is 8.13. The van der Waals surface area contributed by atoms with Crippen LogP contribution in [0.4, 0.5) is 20.7 Å². The van der Waals surface area contributed by atoms with Crippen LogP contribution in [0, 0.1) is 11.7 Å². The highest BCUT2D eigenvalue weighted by molar-refractivity contribution is 6.10. The van der Waals surface area contributed by atoms with Crippen molar-refractivity contribution in [3.05, 3.63) is 48.3 Å². The van der Waals surface area contributed by atoms with Gasteiger partial charge in [-0.3, -0.25) is 9.69 Å². The molecule has 1 N–H and O–H groups in total. The van der Waals surface area contributed by atoms with Crippen molar-refractivity contribution in [3.63, 3.8) is 0 Å². The fraction of sp³-hybridized carbons (Fsp3) is 0.286. The molecule has 8 heteroatoms. The minimum Gasteiger partial charge on any atom is -0.447 e.